The van der Waals surface area contributed by atoms with Gasteiger partial charge in [0, 0.05) is 12.7 Å². The molecule has 17 heavy (non-hydrogen) atoms. The van der Waals surface area contributed by atoms with Gasteiger partial charge in [-0.3, -0.25) is 0 Å². The van der Waals surface area contributed by atoms with Crippen molar-refractivity contribution in [1.82, 2.24) is 0 Å². The summed E-state index contributed by atoms with van der Waals surface area (Å²) < 4.78 is 29.0. The second-order valence-corrected chi connectivity index (χ2v) is 4.18. The minimum atomic E-state index is -2.78. The van der Waals surface area contributed by atoms with Crippen molar-refractivity contribution in [3.63, 3.8) is 0 Å². The molecule has 0 unspecified atom stereocenters. The van der Waals surface area contributed by atoms with Crippen LogP contribution in [0.2, 0.25) is 0 Å². The summed E-state index contributed by atoms with van der Waals surface area (Å²) in [4.78, 5) is 0. The highest BCUT2D eigenvalue weighted by Crippen LogP contribution is 2.33. The zero-order chi connectivity index (χ0) is 13.0. The molecule has 0 atom stereocenters. The molecule has 1 N–H and O–H groups in total. The van der Waals surface area contributed by atoms with Gasteiger partial charge in [-0.1, -0.05) is 20.8 Å². The molecule has 0 amide bonds. The van der Waals surface area contributed by atoms with E-state index in [0.717, 1.165) is 23.2 Å². The van der Waals surface area contributed by atoms with Crippen LogP contribution >= 0.6 is 0 Å². The number of benzene rings is 1. The molecule has 0 fully saturated rings. The molecular formula is C13H19F2NO. The van der Waals surface area contributed by atoms with Crippen LogP contribution in [0.15, 0.2) is 12.1 Å². The third kappa shape index (κ3) is 3.32. The summed E-state index contributed by atoms with van der Waals surface area (Å²) in [5.41, 5.74) is 3.01. The van der Waals surface area contributed by atoms with E-state index in [2.05, 4.69) is 10.1 Å². The molecule has 0 spiro atoms. The quantitative estimate of drug-likeness (QED) is 0.843. The first kappa shape index (κ1) is 13.7. The van der Waals surface area contributed by atoms with Crippen LogP contribution < -0.4 is 10.1 Å². The van der Waals surface area contributed by atoms with E-state index in [1.165, 1.54) is 0 Å². The van der Waals surface area contributed by atoms with Crippen molar-refractivity contribution >= 4 is 5.69 Å². The summed E-state index contributed by atoms with van der Waals surface area (Å²) in [6.45, 7) is 3.27. The van der Waals surface area contributed by atoms with Crippen LogP contribution in [0.3, 0.4) is 0 Å². The third-order valence-corrected chi connectivity index (χ3v) is 2.70. The second kappa shape index (κ2) is 5.84. The van der Waals surface area contributed by atoms with Crippen molar-refractivity contribution in [3.8, 4) is 5.75 Å². The number of rotatable bonds is 5. The van der Waals surface area contributed by atoms with Gasteiger partial charge in [-0.25, -0.2) is 0 Å². The Morgan fingerprint density at radius 1 is 1.29 bits per heavy atom. The minimum absolute atomic E-state index is 0.236. The molecule has 0 saturated heterocycles. The molecule has 0 heterocycles. The maximum absolute atomic E-state index is 12.2. The van der Waals surface area contributed by atoms with Crippen molar-refractivity contribution in [2.75, 3.05) is 12.4 Å². The molecule has 2 nitrogen and oxygen atoms in total. The van der Waals surface area contributed by atoms with E-state index in [9.17, 15) is 8.78 Å². The van der Waals surface area contributed by atoms with Gasteiger partial charge >= 0.3 is 6.61 Å². The number of anilines is 1. The molecule has 4 heteroatoms. The Hall–Kier alpha value is -1.32. The Kier molecular flexibility index (Phi) is 4.73. The first-order valence-electron chi connectivity index (χ1n) is 5.78. The highest BCUT2D eigenvalue weighted by atomic mass is 19.3. The fourth-order valence-corrected chi connectivity index (χ4v) is 1.91. The normalized spacial score (nSPS) is 11.1. The molecule has 0 aromatic heterocycles. The number of halogens is 2. The molecule has 1 aromatic rings. The van der Waals surface area contributed by atoms with Crippen molar-refractivity contribution in [1.29, 1.82) is 0 Å². The SMILES string of the molecule is CCc1cc(OC(F)F)cc(C(C)C)c1NC. The predicted molar refractivity (Wildman–Crippen MR) is 66.1 cm³/mol. The first-order valence-corrected chi connectivity index (χ1v) is 5.78. The molecule has 0 aliphatic heterocycles. The van der Waals surface area contributed by atoms with E-state index >= 15 is 0 Å². The maximum atomic E-state index is 12.2. The average Bonchev–Trinajstić information content (AvgIpc) is 2.26. The molecule has 0 aliphatic rings. The van der Waals surface area contributed by atoms with Gasteiger partial charge < -0.3 is 10.1 Å². The Labute approximate surface area is 101 Å². The van der Waals surface area contributed by atoms with Crippen LogP contribution in [0.25, 0.3) is 0 Å². The zero-order valence-electron chi connectivity index (χ0n) is 10.7. The largest absolute Gasteiger partial charge is 0.435 e. The summed E-state index contributed by atoms with van der Waals surface area (Å²) >= 11 is 0. The topological polar surface area (TPSA) is 21.3 Å². The molecule has 0 saturated carbocycles. The number of hydrogen-bond donors (Lipinski definition) is 1. The lowest BCUT2D eigenvalue weighted by Gasteiger charge is -2.18. The summed E-state index contributed by atoms with van der Waals surface area (Å²) in [6.07, 6.45) is 0.774. The van der Waals surface area contributed by atoms with Crippen molar-refractivity contribution in [3.05, 3.63) is 23.3 Å². The molecule has 0 bridgehead atoms. The number of hydrogen-bond acceptors (Lipinski definition) is 2. The van der Waals surface area contributed by atoms with Gasteiger partial charge in [-0.05, 0) is 35.6 Å². The van der Waals surface area contributed by atoms with Crippen molar-refractivity contribution in [2.24, 2.45) is 0 Å². The van der Waals surface area contributed by atoms with Crippen LogP contribution in [0.4, 0.5) is 14.5 Å². The molecule has 0 radical (unpaired) electrons. The van der Waals surface area contributed by atoms with Crippen LogP contribution in [0.5, 0.6) is 5.75 Å². The van der Waals surface area contributed by atoms with Crippen molar-refractivity contribution < 1.29 is 13.5 Å². The summed E-state index contributed by atoms with van der Waals surface area (Å²) in [5, 5.41) is 3.13. The molecule has 1 aromatic carbocycles. The molecule has 0 aliphatic carbocycles. The van der Waals surface area contributed by atoms with E-state index in [-0.39, 0.29) is 11.7 Å². The van der Waals surface area contributed by atoms with Gasteiger partial charge in [0.05, 0.1) is 0 Å². The Morgan fingerprint density at radius 2 is 1.94 bits per heavy atom. The fraction of sp³-hybridized carbons (Fsp3) is 0.538. The lowest BCUT2D eigenvalue weighted by molar-refractivity contribution is -0.0499. The molecule has 96 valence electrons. The third-order valence-electron chi connectivity index (χ3n) is 2.70. The lowest BCUT2D eigenvalue weighted by atomic mass is 9.96. The standard InChI is InChI=1S/C13H19F2NO/c1-5-9-6-10(17-13(14)15)7-11(8(2)3)12(9)16-4/h6-8,13,16H,5H2,1-4H3. The summed E-state index contributed by atoms with van der Waals surface area (Å²) in [5.74, 6) is 0.489. The van der Waals surface area contributed by atoms with Gasteiger partial charge in [0.15, 0.2) is 0 Å². The monoisotopic (exact) mass is 243 g/mol. The smallest absolute Gasteiger partial charge is 0.387 e. The predicted octanol–water partition coefficient (Wildman–Crippen LogP) is 4.02. The van der Waals surface area contributed by atoms with Gasteiger partial charge in [-0.2, -0.15) is 8.78 Å². The fourth-order valence-electron chi connectivity index (χ4n) is 1.91. The van der Waals surface area contributed by atoms with E-state index in [0.29, 0.717) is 0 Å². The van der Waals surface area contributed by atoms with Gasteiger partial charge in [-0.15, -0.1) is 0 Å². The highest BCUT2D eigenvalue weighted by molar-refractivity contribution is 5.61. The number of nitrogens with one attached hydrogen (secondary N) is 1. The van der Waals surface area contributed by atoms with E-state index in [1.54, 1.807) is 12.1 Å². The Bertz CT molecular complexity index is 378. The average molecular weight is 243 g/mol. The maximum Gasteiger partial charge on any atom is 0.387 e. The second-order valence-electron chi connectivity index (χ2n) is 4.18. The Morgan fingerprint density at radius 3 is 2.35 bits per heavy atom. The Balaban J connectivity index is 3.24. The van der Waals surface area contributed by atoms with Crippen LogP contribution in [-0.4, -0.2) is 13.7 Å². The van der Waals surface area contributed by atoms with Gasteiger partial charge in [0.1, 0.15) is 5.75 Å². The lowest BCUT2D eigenvalue weighted by Crippen LogP contribution is -2.06. The zero-order valence-corrected chi connectivity index (χ0v) is 10.7. The van der Waals surface area contributed by atoms with E-state index in [1.807, 2.05) is 27.8 Å². The number of aryl methyl sites for hydroxylation is 1. The van der Waals surface area contributed by atoms with Crippen LogP contribution in [0.1, 0.15) is 37.8 Å². The summed E-state index contributed by atoms with van der Waals surface area (Å²) in [7, 11) is 1.84. The van der Waals surface area contributed by atoms with E-state index in [4.69, 9.17) is 0 Å². The van der Waals surface area contributed by atoms with Crippen LogP contribution in [0, 0.1) is 0 Å². The number of alkyl halides is 2. The van der Waals surface area contributed by atoms with Crippen molar-refractivity contribution in [2.45, 2.75) is 39.7 Å². The van der Waals surface area contributed by atoms with Crippen LogP contribution in [-0.2, 0) is 6.42 Å². The molecule has 1 rings (SSSR count). The minimum Gasteiger partial charge on any atom is -0.435 e. The highest BCUT2D eigenvalue weighted by Gasteiger charge is 2.14. The van der Waals surface area contributed by atoms with Gasteiger partial charge in [0.2, 0.25) is 0 Å². The first-order chi connectivity index (χ1) is 7.99. The number of ether oxygens (including phenoxy) is 1. The van der Waals surface area contributed by atoms with Gasteiger partial charge in [0.25, 0.3) is 0 Å². The molecular weight excluding hydrogens is 224 g/mol. The summed E-state index contributed by atoms with van der Waals surface area (Å²) in [6, 6.07) is 3.35. The van der Waals surface area contributed by atoms with E-state index < -0.39 is 6.61 Å².